The Balaban J connectivity index is 0. The second-order valence-electron chi connectivity index (χ2n) is 10.1. The van der Waals surface area contributed by atoms with E-state index < -0.39 is 0 Å². The molecule has 7 heteroatoms. The van der Waals surface area contributed by atoms with E-state index in [1.165, 1.54) is 128 Å². The van der Waals surface area contributed by atoms with Gasteiger partial charge in [-0.1, -0.05) is 103 Å². The van der Waals surface area contributed by atoms with Crippen molar-refractivity contribution in [3.63, 3.8) is 0 Å². The first kappa shape index (κ1) is 38.9. The van der Waals surface area contributed by atoms with Crippen LogP contribution in [0.1, 0.15) is 128 Å². The Kier molecular flexibility index (Phi) is 42.2. The predicted molar refractivity (Wildman–Crippen MR) is 161 cm³/mol. The molecule has 0 saturated heterocycles. The highest BCUT2D eigenvalue weighted by atomic mass is 16.5. The lowest BCUT2D eigenvalue weighted by Crippen LogP contribution is -2.14. The van der Waals surface area contributed by atoms with E-state index in [0.717, 1.165) is 26.3 Å². The average Bonchev–Trinajstić information content (AvgIpc) is 2.91. The summed E-state index contributed by atoms with van der Waals surface area (Å²) >= 11 is 0. The summed E-state index contributed by atoms with van der Waals surface area (Å²) in [6.45, 7) is 7.22. The number of hydrogen-bond donors (Lipinski definition) is 4. The standard InChI is InChI=1S/C24H52N2O.C6H16N2O2/c25-21-17-13-9-5-1-3-7-11-15-19-23-27-24-20-16-12-8-4-2-6-10-14-18-22-26;7-1-3-9-5-6-10-4-2-8/h1-26H2;1-8H2. The minimum atomic E-state index is 0.566. The maximum absolute atomic E-state index is 5.78. The molecule has 0 aromatic rings. The van der Waals surface area contributed by atoms with Gasteiger partial charge in [0.15, 0.2) is 0 Å². The zero-order valence-electron chi connectivity index (χ0n) is 24.7. The van der Waals surface area contributed by atoms with Crippen LogP contribution in [0.4, 0.5) is 0 Å². The lowest BCUT2D eigenvalue weighted by Gasteiger charge is -2.05. The molecular weight excluding hydrogens is 464 g/mol. The van der Waals surface area contributed by atoms with Crippen LogP contribution in [-0.4, -0.2) is 65.8 Å². The summed E-state index contributed by atoms with van der Waals surface area (Å²) in [4.78, 5) is 0. The third kappa shape index (κ3) is 43.0. The van der Waals surface area contributed by atoms with Crippen molar-refractivity contribution in [3.05, 3.63) is 0 Å². The maximum Gasteiger partial charge on any atom is 0.0701 e. The van der Waals surface area contributed by atoms with Gasteiger partial charge >= 0.3 is 0 Å². The van der Waals surface area contributed by atoms with Gasteiger partial charge in [0, 0.05) is 26.3 Å². The van der Waals surface area contributed by atoms with E-state index in [1.54, 1.807) is 0 Å². The second-order valence-corrected chi connectivity index (χ2v) is 10.1. The van der Waals surface area contributed by atoms with Crippen molar-refractivity contribution < 1.29 is 14.2 Å². The van der Waals surface area contributed by atoms with Crippen LogP contribution in [0.15, 0.2) is 0 Å². The zero-order valence-corrected chi connectivity index (χ0v) is 24.7. The van der Waals surface area contributed by atoms with Crippen molar-refractivity contribution in [3.8, 4) is 0 Å². The van der Waals surface area contributed by atoms with Gasteiger partial charge in [-0.25, -0.2) is 0 Å². The van der Waals surface area contributed by atoms with E-state index in [4.69, 9.17) is 37.1 Å². The van der Waals surface area contributed by atoms with Gasteiger partial charge in [-0.15, -0.1) is 0 Å². The first-order chi connectivity index (χ1) is 18.3. The molecule has 0 heterocycles. The first-order valence-electron chi connectivity index (χ1n) is 15.9. The largest absolute Gasteiger partial charge is 0.381 e. The molecule has 0 aromatic heterocycles. The summed E-state index contributed by atoms with van der Waals surface area (Å²) in [6.07, 6.45) is 27.0. The van der Waals surface area contributed by atoms with Crippen molar-refractivity contribution in [2.75, 3.05) is 65.8 Å². The minimum absolute atomic E-state index is 0.566. The lowest BCUT2D eigenvalue weighted by molar-refractivity contribution is 0.0538. The highest BCUT2D eigenvalue weighted by Gasteiger charge is 1.95. The topological polar surface area (TPSA) is 132 Å². The van der Waals surface area contributed by atoms with Crippen LogP contribution in [0, 0.1) is 0 Å². The van der Waals surface area contributed by atoms with E-state index in [1.807, 2.05) is 0 Å². The molecule has 0 amide bonds. The summed E-state index contributed by atoms with van der Waals surface area (Å²) in [5.41, 5.74) is 21.4. The van der Waals surface area contributed by atoms with Crippen LogP contribution in [0.25, 0.3) is 0 Å². The first-order valence-corrected chi connectivity index (χ1v) is 15.9. The van der Waals surface area contributed by atoms with Crippen LogP contribution in [0.3, 0.4) is 0 Å². The number of unbranched alkanes of at least 4 members (excludes halogenated alkanes) is 18. The van der Waals surface area contributed by atoms with E-state index in [9.17, 15) is 0 Å². The number of rotatable bonds is 31. The Hall–Kier alpha value is -0.280. The van der Waals surface area contributed by atoms with Gasteiger partial charge in [-0.05, 0) is 38.8 Å². The molecule has 7 nitrogen and oxygen atoms in total. The van der Waals surface area contributed by atoms with E-state index in [-0.39, 0.29) is 0 Å². The molecule has 0 aliphatic carbocycles. The minimum Gasteiger partial charge on any atom is -0.381 e. The molecule has 226 valence electrons. The number of hydrogen-bond acceptors (Lipinski definition) is 7. The summed E-state index contributed by atoms with van der Waals surface area (Å²) < 4.78 is 15.9. The zero-order chi connectivity index (χ0) is 27.3. The van der Waals surface area contributed by atoms with Gasteiger partial charge in [0.05, 0.1) is 26.4 Å². The average molecular weight is 533 g/mol. The normalized spacial score (nSPS) is 11.0. The van der Waals surface area contributed by atoms with Crippen molar-refractivity contribution in [1.82, 2.24) is 0 Å². The highest BCUT2D eigenvalue weighted by Crippen LogP contribution is 2.12. The van der Waals surface area contributed by atoms with Gasteiger partial charge < -0.3 is 37.1 Å². The van der Waals surface area contributed by atoms with Crippen molar-refractivity contribution in [2.24, 2.45) is 22.9 Å². The smallest absolute Gasteiger partial charge is 0.0701 e. The fourth-order valence-electron chi connectivity index (χ4n) is 4.12. The molecule has 0 rings (SSSR count). The molecule has 0 bridgehead atoms. The molecule has 37 heavy (non-hydrogen) atoms. The number of nitrogens with two attached hydrogens (primary N) is 4. The predicted octanol–water partition coefficient (Wildman–Crippen LogP) is 5.66. The molecule has 0 unspecified atom stereocenters. The van der Waals surface area contributed by atoms with Gasteiger partial charge in [-0.2, -0.15) is 0 Å². The Morgan fingerprint density at radius 2 is 0.459 bits per heavy atom. The lowest BCUT2D eigenvalue weighted by atomic mass is 10.1. The molecule has 0 spiro atoms. The van der Waals surface area contributed by atoms with Crippen molar-refractivity contribution in [2.45, 2.75) is 128 Å². The Morgan fingerprint density at radius 1 is 0.216 bits per heavy atom. The molecule has 0 aromatic carbocycles. The highest BCUT2D eigenvalue weighted by molar-refractivity contribution is 4.50. The molecule has 0 saturated carbocycles. The molecular formula is C30H68N4O3. The van der Waals surface area contributed by atoms with Crippen LogP contribution < -0.4 is 22.9 Å². The third-order valence-electron chi connectivity index (χ3n) is 6.38. The van der Waals surface area contributed by atoms with Gasteiger partial charge in [0.1, 0.15) is 0 Å². The van der Waals surface area contributed by atoms with E-state index in [0.29, 0.717) is 39.5 Å². The molecule has 8 N–H and O–H groups in total. The molecule has 0 aliphatic rings. The molecule has 0 atom stereocenters. The summed E-state index contributed by atoms with van der Waals surface area (Å²) in [5.74, 6) is 0. The van der Waals surface area contributed by atoms with Gasteiger partial charge in [0.2, 0.25) is 0 Å². The SMILES string of the molecule is NCCCCCCCCCCCCOCCCCCCCCCCCCN.NCCOCCOCCN. The van der Waals surface area contributed by atoms with Gasteiger partial charge in [-0.3, -0.25) is 0 Å². The van der Waals surface area contributed by atoms with Crippen molar-refractivity contribution >= 4 is 0 Å². The summed E-state index contributed by atoms with van der Waals surface area (Å²) in [6, 6.07) is 0. The van der Waals surface area contributed by atoms with Gasteiger partial charge in [0.25, 0.3) is 0 Å². The quantitative estimate of drug-likeness (QED) is 0.0847. The van der Waals surface area contributed by atoms with Crippen LogP contribution in [0.2, 0.25) is 0 Å². The fourth-order valence-corrected chi connectivity index (χ4v) is 4.12. The summed E-state index contributed by atoms with van der Waals surface area (Å²) in [5, 5.41) is 0. The van der Waals surface area contributed by atoms with Crippen LogP contribution >= 0.6 is 0 Å². The summed E-state index contributed by atoms with van der Waals surface area (Å²) in [7, 11) is 0. The van der Waals surface area contributed by atoms with Crippen LogP contribution in [-0.2, 0) is 14.2 Å². The molecule has 0 radical (unpaired) electrons. The molecule has 0 aliphatic heterocycles. The fraction of sp³-hybridized carbons (Fsp3) is 1.00. The Morgan fingerprint density at radius 3 is 0.730 bits per heavy atom. The number of ether oxygens (including phenoxy) is 3. The Bertz CT molecular complexity index is 334. The third-order valence-corrected chi connectivity index (χ3v) is 6.38. The van der Waals surface area contributed by atoms with Crippen molar-refractivity contribution in [1.29, 1.82) is 0 Å². The van der Waals surface area contributed by atoms with E-state index in [2.05, 4.69) is 0 Å². The Labute approximate surface area is 231 Å². The second kappa shape index (κ2) is 40.2. The van der Waals surface area contributed by atoms with E-state index >= 15 is 0 Å². The maximum atomic E-state index is 5.78. The van der Waals surface area contributed by atoms with Crippen LogP contribution in [0.5, 0.6) is 0 Å². The monoisotopic (exact) mass is 533 g/mol. The molecule has 0 fully saturated rings.